The molecule has 0 spiro atoms. The molecule has 184 valence electrons. The second kappa shape index (κ2) is 11.9. The zero-order valence-electron chi connectivity index (χ0n) is 19.8. The lowest BCUT2D eigenvalue weighted by atomic mass is 10.2. The van der Waals surface area contributed by atoms with Crippen molar-refractivity contribution in [3.8, 4) is 17.2 Å². The number of hydrogen-bond acceptors (Lipinski definition) is 7. The van der Waals surface area contributed by atoms with Crippen molar-refractivity contribution in [2.75, 3.05) is 7.11 Å². The Bertz CT molecular complexity index is 1420. The van der Waals surface area contributed by atoms with Gasteiger partial charge in [-0.1, -0.05) is 36.4 Å². The van der Waals surface area contributed by atoms with Crippen LogP contribution in [0.3, 0.4) is 0 Å². The topological polar surface area (TPSA) is 103 Å². The molecule has 0 fully saturated rings. The quantitative estimate of drug-likeness (QED) is 0.162. The fourth-order valence-electron chi connectivity index (χ4n) is 3.21. The zero-order chi connectivity index (χ0) is 26.0. The van der Waals surface area contributed by atoms with E-state index in [-0.39, 0.29) is 11.5 Å². The first kappa shape index (κ1) is 24.9. The Hall–Kier alpha value is -5.24. The molecule has 8 nitrogen and oxygen atoms in total. The van der Waals surface area contributed by atoms with Crippen LogP contribution in [0.5, 0.6) is 17.2 Å². The molecule has 0 aliphatic rings. The van der Waals surface area contributed by atoms with Crippen molar-refractivity contribution in [3.05, 3.63) is 125 Å². The van der Waals surface area contributed by atoms with Crippen LogP contribution in [0.1, 0.15) is 36.6 Å². The molecule has 0 saturated carbocycles. The third-order valence-corrected chi connectivity index (χ3v) is 5.14. The first-order valence-corrected chi connectivity index (χ1v) is 11.2. The number of methoxy groups -OCH3 is 1. The lowest BCUT2D eigenvalue weighted by Crippen LogP contribution is -2.17. The van der Waals surface area contributed by atoms with E-state index in [2.05, 4.69) is 10.5 Å². The lowest BCUT2D eigenvalue weighted by Gasteiger charge is -2.10. The molecule has 1 amide bonds. The maximum absolute atomic E-state index is 12.7. The first-order chi connectivity index (χ1) is 18.0. The Kier molecular flexibility index (Phi) is 8.03. The largest absolute Gasteiger partial charge is 0.497 e. The highest BCUT2D eigenvalue weighted by Gasteiger charge is 2.15. The van der Waals surface area contributed by atoms with E-state index >= 15 is 0 Å². The van der Waals surface area contributed by atoms with Gasteiger partial charge in [-0.05, 0) is 60.7 Å². The minimum Gasteiger partial charge on any atom is -0.497 e. The van der Waals surface area contributed by atoms with Crippen LogP contribution in [0.2, 0.25) is 0 Å². The molecular weight excluding hydrogens is 472 g/mol. The van der Waals surface area contributed by atoms with Crippen LogP contribution in [0.4, 0.5) is 0 Å². The van der Waals surface area contributed by atoms with Gasteiger partial charge in [-0.3, -0.25) is 4.79 Å². The minimum absolute atomic E-state index is 0.0923. The Labute approximate surface area is 213 Å². The molecular formula is C29H22N2O6. The molecule has 0 aliphatic heterocycles. The first-order valence-electron chi connectivity index (χ1n) is 11.2. The maximum atomic E-state index is 12.7. The molecule has 0 atom stereocenters. The normalized spacial score (nSPS) is 10.5. The number of amides is 1. The molecule has 37 heavy (non-hydrogen) atoms. The SMILES string of the molecule is COc1ccc(C(=O)N/N=C\c2ccc(OC(=O)c3ccccc3)cc2OC(=O)c2ccccc2)cc1. The molecule has 4 aromatic rings. The lowest BCUT2D eigenvalue weighted by molar-refractivity contribution is 0.0732. The highest BCUT2D eigenvalue weighted by Crippen LogP contribution is 2.26. The second-order valence-corrected chi connectivity index (χ2v) is 7.64. The number of hydrogen-bond donors (Lipinski definition) is 1. The van der Waals surface area contributed by atoms with E-state index in [0.717, 1.165) is 0 Å². The van der Waals surface area contributed by atoms with Crippen molar-refractivity contribution in [1.29, 1.82) is 0 Å². The van der Waals surface area contributed by atoms with Gasteiger partial charge in [0.1, 0.15) is 17.2 Å². The Morgan fingerprint density at radius 3 is 1.84 bits per heavy atom. The molecule has 0 radical (unpaired) electrons. The fraction of sp³-hybridized carbons (Fsp3) is 0.0345. The molecule has 0 heterocycles. The summed E-state index contributed by atoms with van der Waals surface area (Å²) in [6.45, 7) is 0. The van der Waals surface area contributed by atoms with Crippen LogP contribution in [0.25, 0.3) is 0 Å². The Morgan fingerprint density at radius 1 is 0.676 bits per heavy atom. The third kappa shape index (κ3) is 6.67. The third-order valence-electron chi connectivity index (χ3n) is 5.14. The summed E-state index contributed by atoms with van der Waals surface area (Å²) in [6.07, 6.45) is 1.33. The van der Waals surface area contributed by atoms with Crippen molar-refractivity contribution in [3.63, 3.8) is 0 Å². The van der Waals surface area contributed by atoms with E-state index in [4.69, 9.17) is 14.2 Å². The van der Waals surface area contributed by atoms with Gasteiger partial charge in [0.2, 0.25) is 0 Å². The van der Waals surface area contributed by atoms with Gasteiger partial charge >= 0.3 is 11.9 Å². The summed E-state index contributed by atoms with van der Waals surface area (Å²) in [5, 5.41) is 3.98. The molecule has 4 aromatic carbocycles. The van der Waals surface area contributed by atoms with E-state index < -0.39 is 17.8 Å². The molecule has 0 aromatic heterocycles. The predicted molar refractivity (Wildman–Crippen MR) is 137 cm³/mol. The number of nitrogens with one attached hydrogen (secondary N) is 1. The number of ether oxygens (including phenoxy) is 3. The summed E-state index contributed by atoms with van der Waals surface area (Å²) in [5.41, 5.74) is 3.90. The standard InChI is InChI=1S/C29H22N2O6/c1-35-24-15-12-20(13-16-24)27(32)31-30-19-23-14-17-25(36-28(33)21-8-4-2-5-9-21)18-26(23)37-29(34)22-10-6-3-7-11-22/h2-19H,1H3,(H,31,32)/b30-19-. The molecule has 1 N–H and O–H groups in total. The summed E-state index contributed by atoms with van der Waals surface area (Å²) < 4.78 is 16.1. The van der Waals surface area contributed by atoms with Gasteiger partial charge in [0, 0.05) is 17.2 Å². The highest BCUT2D eigenvalue weighted by atomic mass is 16.5. The van der Waals surface area contributed by atoms with Crippen molar-refractivity contribution >= 4 is 24.1 Å². The smallest absolute Gasteiger partial charge is 0.343 e. The summed E-state index contributed by atoms with van der Waals surface area (Å²) in [5.74, 6) is -0.718. The highest BCUT2D eigenvalue weighted by molar-refractivity contribution is 5.96. The van der Waals surface area contributed by atoms with Crippen LogP contribution in [-0.4, -0.2) is 31.2 Å². The summed E-state index contributed by atoms with van der Waals surface area (Å²) in [7, 11) is 1.54. The molecule has 0 bridgehead atoms. The van der Waals surface area contributed by atoms with E-state index in [0.29, 0.717) is 28.0 Å². The summed E-state index contributed by atoms with van der Waals surface area (Å²) in [4.78, 5) is 37.5. The molecule has 4 rings (SSSR count). The number of carbonyl (C=O) groups is 3. The number of esters is 2. The van der Waals surface area contributed by atoms with Crippen molar-refractivity contribution in [2.24, 2.45) is 5.10 Å². The van der Waals surface area contributed by atoms with Crippen molar-refractivity contribution < 1.29 is 28.6 Å². The summed E-state index contributed by atoms with van der Waals surface area (Å²) >= 11 is 0. The van der Waals surface area contributed by atoms with Crippen LogP contribution >= 0.6 is 0 Å². The van der Waals surface area contributed by atoms with Crippen LogP contribution < -0.4 is 19.6 Å². The van der Waals surface area contributed by atoms with E-state index in [9.17, 15) is 14.4 Å². The van der Waals surface area contributed by atoms with Gasteiger partial charge < -0.3 is 14.2 Å². The maximum Gasteiger partial charge on any atom is 0.343 e. The Balaban J connectivity index is 1.54. The van der Waals surface area contributed by atoms with Gasteiger partial charge in [-0.25, -0.2) is 15.0 Å². The van der Waals surface area contributed by atoms with Gasteiger partial charge in [-0.15, -0.1) is 0 Å². The average molecular weight is 495 g/mol. The van der Waals surface area contributed by atoms with Crippen LogP contribution in [0, 0.1) is 0 Å². The van der Waals surface area contributed by atoms with Gasteiger partial charge in [0.15, 0.2) is 0 Å². The zero-order valence-corrected chi connectivity index (χ0v) is 19.8. The summed E-state index contributed by atoms with van der Waals surface area (Å²) in [6, 6.07) is 28.0. The van der Waals surface area contributed by atoms with Gasteiger partial charge in [-0.2, -0.15) is 5.10 Å². The molecule has 0 saturated heterocycles. The second-order valence-electron chi connectivity index (χ2n) is 7.64. The number of nitrogens with zero attached hydrogens (tertiary/aromatic N) is 1. The minimum atomic E-state index is -0.607. The van der Waals surface area contributed by atoms with Gasteiger partial charge in [0.25, 0.3) is 5.91 Å². The van der Waals surface area contributed by atoms with Crippen molar-refractivity contribution in [2.45, 2.75) is 0 Å². The van der Waals surface area contributed by atoms with Crippen LogP contribution in [0.15, 0.2) is 108 Å². The predicted octanol–water partition coefficient (Wildman–Crippen LogP) is 4.90. The number of carbonyl (C=O) groups excluding carboxylic acids is 3. The van der Waals surface area contributed by atoms with E-state index in [1.54, 1.807) is 91.0 Å². The molecule has 0 aliphatic carbocycles. The number of rotatable bonds is 8. The Morgan fingerprint density at radius 2 is 1.24 bits per heavy atom. The molecule has 0 unspecified atom stereocenters. The average Bonchev–Trinajstić information content (AvgIpc) is 2.95. The number of benzene rings is 4. The van der Waals surface area contributed by atoms with E-state index in [1.165, 1.54) is 25.5 Å². The van der Waals surface area contributed by atoms with Crippen molar-refractivity contribution in [1.82, 2.24) is 5.43 Å². The number of hydrazone groups is 1. The van der Waals surface area contributed by atoms with Crippen LogP contribution in [-0.2, 0) is 0 Å². The van der Waals surface area contributed by atoms with E-state index in [1.807, 2.05) is 0 Å². The van der Waals surface area contributed by atoms with Gasteiger partial charge in [0.05, 0.1) is 24.5 Å². The molecule has 8 heteroatoms. The fourth-order valence-corrected chi connectivity index (χ4v) is 3.21. The monoisotopic (exact) mass is 494 g/mol.